The number of rotatable bonds is 12. The second kappa shape index (κ2) is 13.6. The summed E-state index contributed by atoms with van der Waals surface area (Å²) in [5, 5.41) is 4.40. The maximum absolute atomic E-state index is 13.1. The fourth-order valence-electron chi connectivity index (χ4n) is 3.21. The minimum atomic E-state index is -0.569. The van der Waals surface area contributed by atoms with E-state index in [4.69, 9.17) is 39.5 Å². The molecular formula is C24H29Cl3N2O3. The predicted octanol–water partition coefficient (Wildman–Crippen LogP) is 6.14. The van der Waals surface area contributed by atoms with Gasteiger partial charge in [0.05, 0.1) is 16.7 Å². The summed E-state index contributed by atoms with van der Waals surface area (Å²) in [7, 11) is 0. The molecule has 1 unspecified atom stereocenters. The van der Waals surface area contributed by atoms with Gasteiger partial charge in [-0.2, -0.15) is 0 Å². The van der Waals surface area contributed by atoms with Gasteiger partial charge in [-0.3, -0.25) is 9.59 Å². The molecule has 2 aromatic carbocycles. The average molecular weight is 500 g/mol. The third kappa shape index (κ3) is 8.19. The van der Waals surface area contributed by atoms with Gasteiger partial charge in [0.15, 0.2) is 0 Å². The molecule has 0 heterocycles. The SMILES string of the molecule is CCCNC(=O)C(CC)N(Cc1ccc(Cl)c(Cl)c1)C(=O)CCCOc1ccc(Cl)cc1. The van der Waals surface area contributed by atoms with Crippen molar-refractivity contribution in [2.45, 2.75) is 52.1 Å². The number of carbonyl (C=O) groups is 2. The molecule has 0 aliphatic heterocycles. The van der Waals surface area contributed by atoms with Crippen LogP contribution in [0.2, 0.25) is 15.1 Å². The van der Waals surface area contributed by atoms with Gasteiger partial charge in [0.2, 0.25) is 11.8 Å². The molecule has 174 valence electrons. The van der Waals surface area contributed by atoms with E-state index in [1.165, 1.54) is 0 Å². The number of hydrogen-bond donors (Lipinski definition) is 1. The van der Waals surface area contributed by atoms with Gasteiger partial charge in [0, 0.05) is 24.5 Å². The van der Waals surface area contributed by atoms with Gasteiger partial charge in [-0.05, 0) is 61.2 Å². The molecule has 0 aliphatic rings. The Morgan fingerprint density at radius 3 is 2.38 bits per heavy atom. The molecule has 0 aromatic heterocycles. The summed E-state index contributed by atoms with van der Waals surface area (Å²) in [6.07, 6.45) is 2.10. The molecule has 1 N–H and O–H groups in total. The molecule has 8 heteroatoms. The lowest BCUT2D eigenvalue weighted by atomic mass is 10.1. The molecular weight excluding hydrogens is 471 g/mol. The van der Waals surface area contributed by atoms with Crippen LogP contribution in [0.3, 0.4) is 0 Å². The molecule has 5 nitrogen and oxygen atoms in total. The fraction of sp³-hybridized carbons (Fsp3) is 0.417. The highest BCUT2D eigenvalue weighted by Gasteiger charge is 2.28. The molecule has 32 heavy (non-hydrogen) atoms. The van der Waals surface area contributed by atoms with E-state index in [9.17, 15) is 9.59 Å². The molecule has 0 saturated heterocycles. The summed E-state index contributed by atoms with van der Waals surface area (Å²) >= 11 is 18.1. The highest BCUT2D eigenvalue weighted by Crippen LogP contribution is 2.24. The van der Waals surface area contributed by atoms with E-state index in [2.05, 4.69) is 5.32 Å². The lowest BCUT2D eigenvalue weighted by molar-refractivity contribution is -0.141. The topological polar surface area (TPSA) is 58.6 Å². The van der Waals surface area contributed by atoms with Crippen LogP contribution in [0.25, 0.3) is 0 Å². The number of amides is 2. The summed E-state index contributed by atoms with van der Waals surface area (Å²) in [4.78, 5) is 27.5. The van der Waals surface area contributed by atoms with E-state index in [-0.39, 0.29) is 24.8 Å². The lowest BCUT2D eigenvalue weighted by Gasteiger charge is -2.31. The van der Waals surface area contributed by atoms with Gasteiger partial charge in [0.25, 0.3) is 0 Å². The number of nitrogens with zero attached hydrogens (tertiary/aromatic N) is 1. The zero-order chi connectivity index (χ0) is 23.5. The highest BCUT2D eigenvalue weighted by molar-refractivity contribution is 6.42. The molecule has 0 bridgehead atoms. The Kier molecular flexibility index (Phi) is 11.1. The molecule has 0 fully saturated rings. The summed E-state index contributed by atoms with van der Waals surface area (Å²) in [5.41, 5.74) is 0.812. The van der Waals surface area contributed by atoms with E-state index in [0.717, 1.165) is 12.0 Å². The van der Waals surface area contributed by atoms with Crippen molar-refractivity contribution in [3.63, 3.8) is 0 Å². The van der Waals surface area contributed by atoms with Gasteiger partial charge in [-0.25, -0.2) is 0 Å². The quantitative estimate of drug-likeness (QED) is 0.357. The Bertz CT molecular complexity index is 891. The van der Waals surface area contributed by atoms with Crippen LogP contribution in [0.4, 0.5) is 0 Å². The summed E-state index contributed by atoms with van der Waals surface area (Å²) in [6, 6.07) is 11.7. The minimum Gasteiger partial charge on any atom is -0.494 e. The van der Waals surface area contributed by atoms with Gasteiger partial charge < -0.3 is 15.0 Å². The minimum absolute atomic E-state index is 0.116. The molecule has 2 aromatic rings. The van der Waals surface area contributed by atoms with Gasteiger partial charge in [-0.1, -0.05) is 54.7 Å². The number of benzene rings is 2. The van der Waals surface area contributed by atoms with E-state index in [1.807, 2.05) is 19.9 Å². The van der Waals surface area contributed by atoms with Crippen molar-refractivity contribution in [1.82, 2.24) is 10.2 Å². The van der Waals surface area contributed by atoms with E-state index in [1.54, 1.807) is 41.3 Å². The first-order valence-corrected chi connectivity index (χ1v) is 11.9. The van der Waals surface area contributed by atoms with Crippen molar-refractivity contribution in [1.29, 1.82) is 0 Å². The Hall–Kier alpha value is -1.95. The van der Waals surface area contributed by atoms with Crippen molar-refractivity contribution in [2.75, 3.05) is 13.2 Å². The number of nitrogens with one attached hydrogen (secondary N) is 1. The van der Waals surface area contributed by atoms with Crippen molar-refractivity contribution in [3.05, 3.63) is 63.1 Å². The van der Waals surface area contributed by atoms with Gasteiger partial charge in [-0.15, -0.1) is 0 Å². The number of halogens is 3. The van der Waals surface area contributed by atoms with Crippen LogP contribution in [0.15, 0.2) is 42.5 Å². The van der Waals surface area contributed by atoms with Crippen LogP contribution in [0.1, 0.15) is 45.1 Å². The van der Waals surface area contributed by atoms with Gasteiger partial charge in [0.1, 0.15) is 11.8 Å². The van der Waals surface area contributed by atoms with E-state index in [0.29, 0.717) is 46.8 Å². The molecule has 2 rings (SSSR count). The van der Waals surface area contributed by atoms with Crippen LogP contribution >= 0.6 is 34.8 Å². The molecule has 2 amide bonds. The molecule has 0 aliphatic carbocycles. The number of ether oxygens (including phenoxy) is 1. The Labute approximate surface area is 205 Å². The second-order valence-corrected chi connectivity index (χ2v) is 8.64. The highest BCUT2D eigenvalue weighted by atomic mass is 35.5. The first-order chi connectivity index (χ1) is 15.3. The largest absolute Gasteiger partial charge is 0.494 e. The van der Waals surface area contributed by atoms with Crippen LogP contribution in [-0.2, 0) is 16.1 Å². The maximum Gasteiger partial charge on any atom is 0.242 e. The molecule has 0 spiro atoms. The van der Waals surface area contributed by atoms with Crippen LogP contribution in [0.5, 0.6) is 5.75 Å². The number of carbonyl (C=O) groups excluding carboxylic acids is 2. The van der Waals surface area contributed by atoms with E-state index < -0.39 is 6.04 Å². The second-order valence-electron chi connectivity index (χ2n) is 7.39. The van der Waals surface area contributed by atoms with Crippen LogP contribution in [0, 0.1) is 0 Å². The van der Waals surface area contributed by atoms with Crippen molar-refractivity contribution in [3.8, 4) is 5.75 Å². The maximum atomic E-state index is 13.1. The first kappa shape index (κ1) is 26.3. The normalized spacial score (nSPS) is 11.7. The number of hydrogen-bond acceptors (Lipinski definition) is 3. The zero-order valence-electron chi connectivity index (χ0n) is 18.4. The van der Waals surface area contributed by atoms with Crippen LogP contribution in [-0.4, -0.2) is 35.9 Å². The van der Waals surface area contributed by atoms with Crippen molar-refractivity contribution < 1.29 is 14.3 Å². The smallest absolute Gasteiger partial charge is 0.242 e. The molecule has 0 radical (unpaired) electrons. The Morgan fingerprint density at radius 1 is 1.03 bits per heavy atom. The Balaban J connectivity index is 2.06. The fourth-order valence-corrected chi connectivity index (χ4v) is 3.65. The van der Waals surface area contributed by atoms with E-state index >= 15 is 0 Å². The summed E-state index contributed by atoms with van der Waals surface area (Å²) < 4.78 is 5.68. The van der Waals surface area contributed by atoms with Gasteiger partial charge >= 0.3 is 0 Å². The lowest BCUT2D eigenvalue weighted by Crippen LogP contribution is -2.49. The van der Waals surface area contributed by atoms with Crippen molar-refractivity contribution in [2.24, 2.45) is 0 Å². The first-order valence-electron chi connectivity index (χ1n) is 10.7. The summed E-state index contributed by atoms with van der Waals surface area (Å²) in [6.45, 7) is 5.10. The van der Waals surface area contributed by atoms with Crippen molar-refractivity contribution >= 4 is 46.6 Å². The third-order valence-electron chi connectivity index (χ3n) is 4.89. The zero-order valence-corrected chi connectivity index (χ0v) is 20.6. The predicted molar refractivity (Wildman–Crippen MR) is 131 cm³/mol. The third-order valence-corrected chi connectivity index (χ3v) is 5.88. The van der Waals surface area contributed by atoms with Crippen LogP contribution < -0.4 is 10.1 Å². The molecule has 1 atom stereocenters. The molecule has 0 saturated carbocycles. The monoisotopic (exact) mass is 498 g/mol. The summed E-state index contributed by atoms with van der Waals surface area (Å²) in [5.74, 6) is 0.425. The average Bonchev–Trinajstić information content (AvgIpc) is 2.78. The standard InChI is InChI=1S/C24H29Cl3N2O3/c1-3-13-28-24(31)22(4-2)29(16-17-7-12-20(26)21(27)15-17)23(30)6-5-14-32-19-10-8-18(25)9-11-19/h7-12,15,22H,3-6,13-14,16H2,1-2H3,(H,28,31). The Morgan fingerprint density at radius 2 is 1.75 bits per heavy atom.